The lowest BCUT2D eigenvalue weighted by molar-refractivity contribution is 0.199. The number of hydrogen-bond acceptors (Lipinski definition) is 5. The molecule has 2 aromatic heterocycles. The fraction of sp³-hybridized carbons (Fsp3) is 0.200. The largest absolute Gasteiger partial charge is 0.465 e. The molecule has 0 bridgehead atoms. The average molecular weight is 347 g/mol. The minimum absolute atomic E-state index is 0.212. The summed E-state index contributed by atoms with van der Waals surface area (Å²) < 4.78 is 1.58. The van der Waals surface area contributed by atoms with Crippen LogP contribution in [0.5, 0.6) is 0 Å². The van der Waals surface area contributed by atoms with Crippen LogP contribution in [-0.4, -0.2) is 36.8 Å². The van der Waals surface area contributed by atoms with Crippen molar-refractivity contribution in [3.8, 4) is 0 Å². The lowest BCUT2D eigenvalue weighted by Gasteiger charge is -2.20. The smallest absolute Gasteiger partial charge is 0.414 e. The number of carboxylic acid groups (broad SMARTS) is 1. The van der Waals surface area contributed by atoms with Gasteiger partial charge in [-0.05, 0) is 32.0 Å². The molecule has 0 unspecified atom stereocenters. The summed E-state index contributed by atoms with van der Waals surface area (Å²) in [6, 6.07) is 6.88. The number of halogens is 1. The van der Waals surface area contributed by atoms with Crippen molar-refractivity contribution in [2.75, 3.05) is 10.2 Å². The summed E-state index contributed by atoms with van der Waals surface area (Å²) in [6.07, 6.45) is 2.07. The van der Waals surface area contributed by atoms with Crippen molar-refractivity contribution in [1.82, 2.24) is 19.6 Å². The zero-order valence-corrected chi connectivity index (χ0v) is 13.8. The van der Waals surface area contributed by atoms with Crippen LogP contribution in [-0.2, 0) is 0 Å². The molecule has 2 N–H and O–H groups in total. The molecule has 1 aromatic carbocycles. The van der Waals surface area contributed by atoms with Crippen LogP contribution in [0.2, 0.25) is 5.02 Å². The van der Waals surface area contributed by atoms with E-state index in [0.29, 0.717) is 16.5 Å². The van der Waals surface area contributed by atoms with E-state index in [4.69, 9.17) is 11.6 Å². The van der Waals surface area contributed by atoms with Crippen LogP contribution in [0.4, 0.5) is 22.2 Å². The fourth-order valence-corrected chi connectivity index (χ4v) is 2.50. The van der Waals surface area contributed by atoms with Crippen molar-refractivity contribution in [2.24, 2.45) is 0 Å². The Morgan fingerprint density at radius 1 is 1.38 bits per heavy atom. The quantitative estimate of drug-likeness (QED) is 0.751. The molecular formula is C15H15ClN6O2. The number of fused-ring (bicyclic) bond motifs is 1. The summed E-state index contributed by atoms with van der Waals surface area (Å²) >= 11 is 5.98. The van der Waals surface area contributed by atoms with Crippen LogP contribution < -0.4 is 10.2 Å². The third kappa shape index (κ3) is 2.95. The number of hydrogen-bond donors (Lipinski definition) is 2. The Morgan fingerprint density at radius 3 is 2.83 bits per heavy atom. The predicted molar refractivity (Wildman–Crippen MR) is 91.2 cm³/mol. The topological polar surface area (TPSA) is 95.7 Å². The van der Waals surface area contributed by atoms with Gasteiger partial charge in [-0.3, -0.25) is 4.40 Å². The lowest BCUT2D eigenvalue weighted by atomic mass is 10.3. The highest BCUT2D eigenvalue weighted by molar-refractivity contribution is 6.30. The highest BCUT2D eigenvalue weighted by Crippen LogP contribution is 2.24. The van der Waals surface area contributed by atoms with E-state index >= 15 is 0 Å². The van der Waals surface area contributed by atoms with Gasteiger partial charge in [0.2, 0.25) is 11.6 Å². The highest BCUT2D eigenvalue weighted by atomic mass is 35.5. The molecule has 0 saturated carbocycles. The molecule has 0 saturated heterocycles. The molecule has 3 rings (SSSR count). The van der Waals surface area contributed by atoms with Crippen LogP contribution in [0.1, 0.15) is 13.8 Å². The van der Waals surface area contributed by atoms with Gasteiger partial charge in [-0.2, -0.15) is 0 Å². The maximum Gasteiger partial charge on any atom is 0.414 e. The first-order valence-corrected chi connectivity index (χ1v) is 7.59. The first-order valence-electron chi connectivity index (χ1n) is 7.22. The van der Waals surface area contributed by atoms with E-state index in [1.165, 1.54) is 0 Å². The van der Waals surface area contributed by atoms with Crippen LogP contribution in [0, 0.1) is 0 Å². The number of nitrogens with one attached hydrogen (secondary N) is 1. The SMILES string of the molecule is CC(C)N(C(=O)O)c1nnc2c(Nc3cccc(Cl)c3)nccn12. The number of amides is 1. The Labute approximate surface area is 142 Å². The molecule has 1 amide bonds. The number of rotatable bonds is 4. The third-order valence-electron chi connectivity index (χ3n) is 3.33. The van der Waals surface area contributed by atoms with E-state index < -0.39 is 6.09 Å². The van der Waals surface area contributed by atoms with Gasteiger partial charge in [0.05, 0.1) is 0 Å². The van der Waals surface area contributed by atoms with Gasteiger partial charge in [0.25, 0.3) is 0 Å². The molecule has 3 aromatic rings. The standard InChI is InChI=1S/C15H15ClN6O2/c1-9(2)22(15(23)24)14-20-19-13-12(17-6-7-21(13)14)18-11-5-3-4-10(16)8-11/h3-9H,1-2H3,(H,17,18)(H,23,24). The van der Waals surface area contributed by atoms with E-state index in [1.807, 2.05) is 12.1 Å². The minimum Gasteiger partial charge on any atom is -0.465 e. The van der Waals surface area contributed by atoms with Gasteiger partial charge in [-0.15, -0.1) is 10.2 Å². The molecule has 0 aliphatic heterocycles. The molecule has 24 heavy (non-hydrogen) atoms. The molecule has 9 heteroatoms. The Balaban J connectivity index is 2.05. The Morgan fingerprint density at radius 2 is 2.17 bits per heavy atom. The second kappa shape index (κ2) is 6.32. The number of nitrogens with zero attached hydrogens (tertiary/aromatic N) is 5. The van der Waals surface area contributed by atoms with Crippen LogP contribution in [0.15, 0.2) is 36.7 Å². The van der Waals surface area contributed by atoms with Crippen molar-refractivity contribution >= 4 is 40.8 Å². The molecular weight excluding hydrogens is 332 g/mol. The molecule has 2 heterocycles. The second-order valence-corrected chi connectivity index (χ2v) is 5.79. The maximum absolute atomic E-state index is 11.5. The van der Waals surface area contributed by atoms with Crippen molar-refractivity contribution in [1.29, 1.82) is 0 Å². The van der Waals surface area contributed by atoms with Crippen LogP contribution >= 0.6 is 11.6 Å². The van der Waals surface area contributed by atoms with Crippen molar-refractivity contribution in [2.45, 2.75) is 19.9 Å². The average Bonchev–Trinajstić information content (AvgIpc) is 2.92. The van der Waals surface area contributed by atoms with Crippen molar-refractivity contribution in [3.63, 3.8) is 0 Å². The predicted octanol–water partition coefficient (Wildman–Crippen LogP) is 3.41. The zero-order valence-electron chi connectivity index (χ0n) is 13.0. The van der Waals surface area contributed by atoms with E-state index in [0.717, 1.165) is 10.6 Å². The van der Waals surface area contributed by atoms with Crippen molar-refractivity contribution in [3.05, 3.63) is 41.7 Å². The van der Waals surface area contributed by atoms with E-state index in [2.05, 4.69) is 20.5 Å². The summed E-state index contributed by atoms with van der Waals surface area (Å²) in [5, 5.41) is 21.2. The van der Waals surface area contributed by atoms with Crippen LogP contribution in [0.3, 0.4) is 0 Å². The molecule has 0 fully saturated rings. The maximum atomic E-state index is 11.5. The Hall–Kier alpha value is -2.87. The molecule has 0 radical (unpaired) electrons. The Bertz CT molecular complexity index is 895. The van der Waals surface area contributed by atoms with E-state index in [1.54, 1.807) is 42.8 Å². The summed E-state index contributed by atoms with van der Waals surface area (Å²) in [7, 11) is 0. The van der Waals surface area contributed by atoms with Gasteiger partial charge < -0.3 is 10.4 Å². The minimum atomic E-state index is -1.10. The summed E-state index contributed by atoms with van der Waals surface area (Å²) in [6.45, 7) is 3.53. The number of anilines is 3. The van der Waals surface area contributed by atoms with Gasteiger partial charge in [-0.1, -0.05) is 17.7 Å². The molecule has 0 aliphatic carbocycles. The molecule has 0 aliphatic rings. The first-order chi connectivity index (χ1) is 11.5. The zero-order chi connectivity index (χ0) is 17.3. The van der Waals surface area contributed by atoms with Gasteiger partial charge in [0.1, 0.15) is 0 Å². The van der Waals surface area contributed by atoms with Crippen LogP contribution in [0.25, 0.3) is 5.65 Å². The van der Waals surface area contributed by atoms with E-state index in [-0.39, 0.29) is 12.0 Å². The monoisotopic (exact) mass is 346 g/mol. The number of carbonyl (C=O) groups is 1. The molecule has 0 atom stereocenters. The molecule has 8 nitrogen and oxygen atoms in total. The lowest BCUT2D eigenvalue weighted by Crippen LogP contribution is -2.37. The van der Waals surface area contributed by atoms with Gasteiger partial charge >= 0.3 is 6.09 Å². The summed E-state index contributed by atoms with van der Waals surface area (Å²) in [4.78, 5) is 16.9. The van der Waals surface area contributed by atoms with Gasteiger partial charge in [-0.25, -0.2) is 14.7 Å². The number of aromatic nitrogens is 4. The first kappa shape index (κ1) is 16.0. The summed E-state index contributed by atoms with van der Waals surface area (Å²) in [5.74, 6) is 0.664. The summed E-state index contributed by atoms with van der Waals surface area (Å²) in [5.41, 5.74) is 1.16. The number of benzene rings is 1. The Kier molecular flexibility index (Phi) is 4.22. The normalized spacial score (nSPS) is 11.0. The molecule has 0 spiro atoms. The van der Waals surface area contributed by atoms with Crippen molar-refractivity contribution < 1.29 is 9.90 Å². The van der Waals surface area contributed by atoms with E-state index in [9.17, 15) is 9.90 Å². The van der Waals surface area contributed by atoms with Gasteiger partial charge in [0.15, 0.2) is 5.82 Å². The highest BCUT2D eigenvalue weighted by Gasteiger charge is 2.24. The fourth-order valence-electron chi connectivity index (χ4n) is 2.31. The third-order valence-corrected chi connectivity index (χ3v) is 3.57. The molecule has 124 valence electrons. The second-order valence-electron chi connectivity index (χ2n) is 5.35. The van der Waals surface area contributed by atoms with Gasteiger partial charge in [0, 0.05) is 29.1 Å².